The lowest BCUT2D eigenvalue weighted by atomic mass is 10.0. The zero-order chi connectivity index (χ0) is 18.5. The Labute approximate surface area is 143 Å². The average molecular weight is 336 g/mol. The van der Waals surface area contributed by atoms with E-state index in [-0.39, 0.29) is 6.42 Å². The van der Waals surface area contributed by atoms with Crippen LogP contribution in [0.3, 0.4) is 0 Å². The summed E-state index contributed by atoms with van der Waals surface area (Å²) in [5, 5.41) is 2.58. The molecule has 1 aromatic rings. The summed E-state index contributed by atoms with van der Waals surface area (Å²) in [6, 6.07) is 6.30. The molecule has 1 amide bonds. The zero-order valence-corrected chi connectivity index (χ0v) is 15.3. The lowest BCUT2D eigenvalue weighted by Crippen LogP contribution is -2.47. The van der Waals surface area contributed by atoms with Crippen molar-refractivity contribution in [3.05, 3.63) is 29.8 Å². The van der Waals surface area contributed by atoms with Crippen LogP contribution in [0, 0.1) is 0 Å². The Kier molecular flexibility index (Phi) is 6.23. The Morgan fingerprint density at radius 3 is 2.08 bits per heavy atom. The van der Waals surface area contributed by atoms with Crippen molar-refractivity contribution in [2.24, 2.45) is 0 Å². The van der Waals surface area contributed by atoms with E-state index in [1.807, 2.05) is 18.2 Å². The highest BCUT2D eigenvalue weighted by molar-refractivity contribution is 5.82. The molecule has 1 rings (SSSR count). The van der Waals surface area contributed by atoms with Crippen LogP contribution in [0.15, 0.2) is 24.3 Å². The van der Waals surface area contributed by atoms with Crippen LogP contribution in [-0.2, 0) is 20.7 Å². The fourth-order valence-corrected chi connectivity index (χ4v) is 1.96. The number of amides is 1. The van der Waals surface area contributed by atoms with Gasteiger partial charge in [-0.05, 0) is 53.2 Å². The van der Waals surface area contributed by atoms with E-state index in [9.17, 15) is 9.59 Å². The lowest BCUT2D eigenvalue weighted by molar-refractivity contribution is -0.157. The van der Waals surface area contributed by atoms with Crippen molar-refractivity contribution in [2.75, 3.05) is 5.73 Å². The maximum absolute atomic E-state index is 12.4. The summed E-state index contributed by atoms with van der Waals surface area (Å²) in [5.41, 5.74) is 5.92. The molecule has 0 aliphatic heterocycles. The zero-order valence-electron chi connectivity index (χ0n) is 15.3. The summed E-state index contributed by atoms with van der Waals surface area (Å²) in [6.45, 7) is 10.6. The quantitative estimate of drug-likeness (QED) is 0.651. The minimum absolute atomic E-state index is 0.223. The molecule has 0 bridgehead atoms. The van der Waals surface area contributed by atoms with Gasteiger partial charge in [0.05, 0.1) is 0 Å². The van der Waals surface area contributed by atoms with Gasteiger partial charge in [-0.1, -0.05) is 18.2 Å². The molecule has 0 aliphatic carbocycles. The molecule has 6 nitrogen and oxygen atoms in total. The Morgan fingerprint density at radius 2 is 1.58 bits per heavy atom. The first-order valence-electron chi connectivity index (χ1n) is 7.93. The minimum Gasteiger partial charge on any atom is -0.458 e. The van der Waals surface area contributed by atoms with Crippen LogP contribution in [-0.4, -0.2) is 29.3 Å². The number of esters is 1. The summed E-state index contributed by atoms with van der Waals surface area (Å²) < 4.78 is 10.6. The van der Waals surface area contributed by atoms with Gasteiger partial charge < -0.3 is 20.5 Å². The number of anilines is 1. The first kappa shape index (κ1) is 19.8. The van der Waals surface area contributed by atoms with Crippen LogP contribution in [0.25, 0.3) is 0 Å². The fraction of sp³-hybridized carbons (Fsp3) is 0.556. The van der Waals surface area contributed by atoms with Crippen molar-refractivity contribution < 1.29 is 19.1 Å². The van der Waals surface area contributed by atoms with Crippen LogP contribution in [0.4, 0.5) is 10.5 Å². The second-order valence-corrected chi connectivity index (χ2v) is 7.64. The summed E-state index contributed by atoms with van der Waals surface area (Å²) in [5.74, 6) is -0.531. The van der Waals surface area contributed by atoms with Gasteiger partial charge in [0.25, 0.3) is 0 Å². The molecule has 134 valence electrons. The van der Waals surface area contributed by atoms with Crippen molar-refractivity contribution in [3.8, 4) is 0 Å². The number of benzene rings is 1. The van der Waals surface area contributed by atoms with E-state index in [4.69, 9.17) is 15.2 Å². The molecule has 6 heteroatoms. The molecule has 24 heavy (non-hydrogen) atoms. The number of carbonyl (C=O) groups is 2. The molecular formula is C18H28N2O4. The Bertz CT molecular complexity index is 585. The second kappa shape index (κ2) is 7.55. The van der Waals surface area contributed by atoms with Gasteiger partial charge in [0.1, 0.15) is 17.2 Å². The second-order valence-electron chi connectivity index (χ2n) is 7.64. The predicted molar refractivity (Wildman–Crippen MR) is 93.6 cm³/mol. The van der Waals surface area contributed by atoms with E-state index in [0.29, 0.717) is 5.69 Å². The van der Waals surface area contributed by atoms with E-state index in [1.54, 1.807) is 47.6 Å². The average Bonchev–Trinajstić information content (AvgIpc) is 2.36. The molecule has 0 aliphatic rings. The van der Waals surface area contributed by atoms with E-state index in [1.165, 1.54) is 0 Å². The monoisotopic (exact) mass is 336 g/mol. The van der Waals surface area contributed by atoms with Crippen LogP contribution >= 0.6 is 0 Å². The molecule has 0 saturated carbocycles. The number of nitrogens with one attached hydrogen (secondary N) is 1. The van der Waals surface area contributed by atoms with Gasteiger partial charge in [0, 0.05) is 12.1 Å². The minimum atomic E-state index is -0.885. The number of nitrogens with two attached hydrogens (primary N) is 1. The van der Waals surface area contributed by atoms with Crippen molar-refractivity contribution >= 4 is 17.7 Å². The van der Waals surface area contributed by atoms with Gasteiger partial charge >= 0.3 is 12.1 Å². The SMILES string of the molecule is CC(C)(C)OC(=O)N[C@@H](Cc1ccccc1N)C(=O)OC(C)(C)C. The maximum atomic E-state index is 12.4. The third-order valence-corrected chi connectivity index (χ3v) is 2.86. The molecule has 0 fully saturated rings. The number of carbonyl (C=O) groups excluding carboxylic acids is 2. The maximum Gasteiger partial charge on any atom is 0.408 e. The Morgan fingerprint density at radius 1 is 1.04 bits per heavy atom. The molecule has 0 aromatic heterocycles. The van der Waals surface area contributed by atoms with E-state index in [2.05, 4.69) is 5.32 Å². The predicted octanol–water partition coefficient (Wildman–Crippen LogP) is 3.05. The van der Waals surface area contributed by atoms with Crippen LogP contribution in [0.5, 0.6) is 0 Å². The topological polar surface area (TPSA) is 90.6 Å². The first-order valence-corrected chi connectivity index (χ1v) is 7.93. The number of hydrogen-bond acceptors (Lipinski definition) is 5. The molecule has 0 heterocycles. The Balaban J connectivity index is 2.93. The summed E-state index contributed by atoms with van der Waals surface area (Å²) in [4.78, 5) is 24.5. The van der Waals surface area contributed by atoms with Crippen LogP contribution < -0.4 is 11.1 Å². The van der Waals surface area contributed by atoms with Gasteiger partial charge in [-0.25, -0.2) is 9.59 Å². The fourth-order valence-electron chi connectivity index (χ4n) is 1.96. The third kappa shape index (κ3) is 7.35. The van der Waals surface area contributed by atoms with E-state index in [0.717, 1.165) is 5.56 Å². The van der Waals surface area contributed by atoms with Gasteiger partial charge in [0.15, 0.2) is 0 Å². The summed E-state index contributed by atoms with van der Waals surface area (Å²) >= 11 is 0. The largest absolute Gasteiger partial charge is 0.458 e. The molecule has 3 N–H and O–H groups in total. The van der Waals surface area contributed by atoms with Crippen molar-refractivity contribution in [2.45, 2.75) is 65.2 Å². The van der Waals surface area contributed by atoms with Crippen molar-refractivity contribution in [1.29, 1.82) is 0 Å². The normalized spacial score (nSPS) is 13.1. The molecule has 0 saturated heterocycles. The standard InChI is InChI=1S/C18H28N2O4/c1-17(2,3)23-15(21)14(20-16(22)24-18(4,5)6)11-12-9-7-8-10-13(12)19/h7-10,14H,11,19H2,1-6H3,(H,20,22)/t14-/m0/s1. The highest BCUT2D eigenvalue weighted by Crippen LogP contribution is 2.16. The summed E-state index contributed by atoms with van der Waals surface area (Å²) in [7, 11) is 0. The van der Waals surface area contributed by atoms with Gasteiger partial charge in [0.2, 0.25) is 0 Å². The van der Waals surface area contributed by atoms with Gasteiger partial charge in [-0.3, -0.25) is 0 Å². The van der Waals surface area contributed by atoms with Crippen LogP contribution in [0.2, 0.25) is 0 Å². The third-order valence-electron chi connectivity index (χ3n) is 2.86. The lowest BCUT2D eigenvalue weighted by Gasteiger charge is -2.26. The smallest absolute Gasteiger partial charge is 0.408 e. The highest BCUT2D eigenvalue weighted by atomic mass is 16.6. The number of alkyl carbamates (subject to hydrolysis) is 1. The molecule has 1 atom stereocenters. The number of ether oxygens (including phenoxy) is 2. The van der Waals surface area contributed by atoms with Gasteiger partial charge in [-0.15, -0.1) is 0 Å². The Hall–Kier alpha value is -2.24. The highest BCUT2D eigenvalue weighted by Gasteiger charge is 2.29. The molecular weight excluding hydrogens is 308 g/mol. The first-order chi connectivity index (χ1) is 10.9. The molecule has 0 spiro atoms. The summed E-state index contributed by atoms with van der Waals surface area (Å²) in [6.07, 6.45) is -0.450. The van der Waals surface area contributed by atoms with E-state index >= 15 is 0 Å². The number of hydrogen-bond donors (Lipinski definition) is 2. The van der Waals surface area contributed by atoms with Crippen molar-refractivity contribution in [1.82, 2.24) is 5.32 Å². The van der Waals surface area contributed by atoms with Crippen molar-refractivity contribution in [3.63, 3.8) is 0 Å². The number of rotatable bonds is 4. The number of para-hydroxylation sites is 1. The van der Waals surface area contributed by atoms with Gasteiger partial charge in [-0.2, -0.15) is 0 Å². The molecule has 1 aromatic carbocycles. The molecule has 0 unspecified atom stereocenters. The van der Waals surface area contributed by atoms with Crippen LogP contribution in [0.1, 0.15) is 47.1 Å². The van der Waals surface area contributed by atoms with E-state index < -0.39 is 29.3 Å². The molecule has 0 radical (unpaired) electrons. The number of nitrogen functional groups attached to an aromatic ring is 1.